The van der Waals surface area contributed by atoms with Crippen LogP contribution in [-0.2, 0) is 16.0 Å². The summed E-state index contributed by atoms with van der Waals surface area (Å²) in [6.45, 7) is 5.45. The van der Waals surface area contributed by atoms with Crippen molar-refractivity contribution >= 4 is 5.91 Å². The van der Waals surface area contributed by atoms with E-state index in [2.05, 4.69) is 5.32 Å². The Morgan fingerprint density at radius 1 is 1.38 bits per heavy atom. The molecule has 0 bridgehead atoms. The maximum absolute atomic E-state index is 12.8. The molecule has 2 fully saturated rings. The minimum absolute atomic E-state index is 0.0484. The zero-order valence-corrected chi connectivity index (χ0v) is 14.8. The number of amides is 1. The maximum Gasteiger partial charge on any atom is 0.241 e. The third-order valence-corrected chi connectivity index (χ3v) is 5.92. The molecule has 1 amide bonds. The van der Waals surface area contributed by atoms with Gasteiger partial charge in [0.15, 0.2) is 0 Å². The van der Waals surface area contributed by atoms with E-state index in [1.165, 1.54) is 0 Å². The van der Waals surface area contributed by atoms with Gasteiger partial charge in [0.25, 0.3) is 0 Å². The fourth-order valence-corrected chi connectivity index (χ4v) is 4.30. The summed E-state index contributed by atoms with van der Waals surface area (Å²) in [6, 6.07) is 7.89. The molecule has 0 aromatic heterocycles. The van der Waals surface area contributed by atoms with Crippen molar-refractivity contribution in [3.8, 4) is 5.75 Å². The molecule has 1 aliphatic heterocycles. The Balaban J connectivity index is 1.58. The molecule has 1 heterocycles. The Morgan fingerprint density at radius 3 is 2.75 bits per heavy atom. The molecule has 5 heteroatoms. The molecule has 3 N–H and O–H groups in total. The van der Waals surface area contributed by atoms with Gasteiger partial charge >= 0.3 is 0 Å². The van der Waals surface area contributed by atoms with Crippen molar-refractivity contribution in [2.75, 3.05) is 20.3 Å². The number of ether oxygens (including phenoxy) is 2. The summed E-state index contributed by atoms with van der Waals surface area (Å²) >= 11 is 0. The highest BCUT2D eigenvalue weighted by Crippen LogP contribution is 2.57. The van der Waals surface area contributed by atoms with Crippen LogP contribution in [0.4, 0.5) is 0 Å². The lowest BCUT2D eigenvalue weighted by Crippen LogP contribution is -2.82. The first kappa shape index (κ1) is 17.2. The van der Waals surface area contributed by atoms with E-state index < -0.39 is 5.54 Å². The van der Waals surface area contributed by atoms with Gasteiger partial charge in [-0.3, -0.25) is 4.79 Å². The van der Waals surface area contributed by atoms with Crippen LogP contribution in [-0.4, -0.2) is 37.8 Å². The number of carbonyl (C=O) groups excluding carboxylic acids is 1. The van der Waals surface area contributed by atoms with E-state index in [0.29, 0.717) is 6.54 Å². The molecule has 1 aromatic rings. The molecular weight excluding hydrogens is 304 g/mol. The fourth-order valence-electron chi connectivity index (χ4n) is 4.30. The van der Waals surface area contributed by atoms with Gasteiger partial charge in [-0.15, -0.1) is 0 Å². The second-order valence-corrected chi connectivity index (χ2v) is 7.48. The third-order valence-electron chi connectivity index (χ3n) is 5.92. The predicted octanol–water partition coefficient (Wildman–Crippen LogP) is 1.89. The molecular formula is C19H28N2O3. The Kier molecular flexibility index (Phi) is 4.58. The summed E-state index contributed by atoms with van der Waals surface area (Å²) in [5.41, 5.74) is 6.58. The Labute approximate surface area is 143 Å². The van der Waals surface area contributed by atoms with Crippen LogP contribution in [0.15, 0.2) is 24.3 Å². The van der Waals surface area contributed by atoms with Gasteiger partial charge in [0.05, 0.1) is 13.2 Å². The van der Waals surface area contributed by atoms with Crippen LogP contribution in [0.1, 0.15) is 32.3 Å². The standard InChI is InChI=1S/C19H28N2O3/c1-18(2)16-15(5-4-12-24-16)19(18,20)17(22)21-11-10-13-6-8-14(23-3)9-7-13/h6-9,15-16H,4-5,10-12,20H2,1-3H3,(H,21,22). The number of hydrogen-bond donors (Lipinski definition) is 2. The molecule has 0 spiro atoms. The van der Waals surface area contributed by atoms with E-state index >= 15 is 0 Å². The van der Waals surface area contributed by atoms with Crippen LogP contribution < -0.4 is 15.8 Å². The van der Waals surface area contributed by atoms with Crippen molar-refractivity contribution in [1.82, 2.24) is 5.32 Å². The van der Waals surface area contributed by atoms with Crippen molar-refractivity contribution in [3.63, 3.8) is 0 Å². The zero-order chi connectivity index (χ0) is 17.4. The summed E-state index contributed by atoms with van der Waals surface area (Å²) in [4.78, 5) is 12.8. The summed E-state index contributed by atoms with van der Waals surface area (Å²) in [5.74, 6) is 0.915. The zero-order valence-electron chi connectivity index (χ0n) is 14.8. The van der Waals surface area contributed by atoms with E-state index in [0.717, 1.165) is 37.2 Å². The predicted molar refractivity (Wildman–Crippen MR) is 92.9 cm³/mol. The Hall–Kier alpha value is -1.59. The quantitative estimate of drug-likeness (QED) is 0.863. The Morgan fingerprint density at radius 2 is 2.08 bits per heavy atom. The van der Waals surface area contributed by atoms with Crippen molar-refractivity contribution < 1.29 is 14.3 Å². The van der Waals surface area contributed by atoms with Crippen molar-refractivity contribution in [2.45, 2.75) is 44.8 Å². The van der Waals surface area contributed by atoms with E-state index in [4.69, 9.17) is 15.2 Å². The van der Waals surface area contributed by atoms with Crippen LogP contribution in [0.25, 0.3) is 0 Å². The molecule has 132 valence electrons. The van der Waals surface area contributed by atoms with Crippen LogP contribution in [0.5, 0.6) is 5.75 Å². The van der Waals surface area contributed by atoms with E-state index in [9.17, 15) is 4.79 Å². The molecule has 1 saturated carbocycles. The third kappa shape index (κ3) is 2.60. The first-order chi connectivity index (χ1) is 11.4. The lowest BCUT2D eigenvalue weighted by atomic mass is 9.46. The van der Waals surface area contributed by atoms with Crippen LogP contribution in [0.2, 0.25) is 0 Å². The molecule has 1 aromatic carbocycles. The van der Waals surface area contributed by atoms with Gasteiger partial charge in [0.1, 0.15) is 11.3 Å². The first-order valence-electron chi connectivity index (χ1n) is 8.73. The summed E-state index contributed by atoms with van der Waals surface area (Å²) in [7, 11) is 1.65. The molecule has 1 aliphatic carbocycles. The second kappa shape index (κ2) is 6.37. The highest BCUT2D eigenvalue weighted by atomic mass is 16.5. The van der Waals surface area contributed by atoms with Crippen LogP contribution in [0.3, 0.4) is 0 Å². The monoisotopic (exact) mass is 332 g/mol. The second-order valence-electron chi connectivity index (χ2n) is 7.48. The molecule has 3 rings (SSSR count). The SMILES string of the molecule is COc1ccc(CCNC(=O)C2(N)C3CCCOC3C2(C)C)cc1. The average Bonchev–Trinajstić information content (AvgIpc) is 2.61. The minimum atomic E-state index is -0.835. The number of methoxy groups -OCH3 is 1. The molecule has 24 heavy (non-hydrogen) atoms. The van der Waals surface area contributed by atoms with Gasteiger partial charge in [-0.05, 0) is 37.0 Å². The largest absolute Gasteiger partial charge is 0.497 e. The molecule has 0 radical (unpaired) electrons. The fraction of sp³-hybridized carbons (Fsp3) is 0.632. The molecule has 3 atom stereocenters. The number of rotatable bonds is 5. The van der Waals surface area contributed by atoms with Gasteiger partial charge in [0.2, 0.25) is 5.91 Å². The van der Waals surface area contributed by atoms with Gasteiger partial charge in [-0.2, -0.15) is 0 Å². The van der Waals surface area contributed by atoms with Gasteiger partial charge in [0, 0.05) is 24.5 Å². The highest BCUT2D eigenvalue weighted by molar-refractivity contribution is 5.89. The minimum Gasteiger partial charge on any atom is -0.497 e. The van der Waals surface area contributed by atoms with Crippen LogP contribution >= 0.6 is 0 Å². The van der Waals surface area contributed by atoms with E-state index in [1.54, 1.807) is 7.11 Å². The number of carbonyl (C=O) groups is 1. The highest BCUT2D eigenvalue weighted by Gasteiger charge is 2.70. The maximum atomic E-state index is 12.8. The van der Waals surface area contributed by atoms with E-state index in [1.807, 2.05) is 38.1 Å². The smallest absolute Gasteiger partial charge is 0.241 e. The number of fused-ring (bicyclic) bond motifs is 1. The number of hydrogen-bond acceptors (Lipinski definition) is 4. The Bertz CT molecular complexity index is 599. The number of benzene rings is 1. The molecule has 1 saturated heterocycles. The van der Waals surface area contributed by atoms with Gasteiger partial charge in [-0.25, -0.2) is 0 Å². The lowest BCUT2D eigenvalue weighted by molar-refractivity contribution is -0.225. The number of nitrogens with two attached hydrogens (primary N) is 1. The average molecular weight is 332 g/mol. The van der Waals surface area contributed by atoms with Crippen molar-refractivity contribution in [2.24, 2.45) is 17.1 Å². The normalized spacial score (nSPS) is 30.8. The molecule has 3 unspecified atom stereocenters. The summed E-state index contributed by atoms with van der Waals surface area (Å²) in [5, 5.41) is 3.04. The summed E-state index contributed by atoms with van der Waals surface area (Å²) in [6.07, 6.45) is 2.83. The van der Waals surface area contributed by atoms with Crippen molar-refractivity contribution in [3.05, 3.63) is 29.8 Å². The van der Waals surface area contributed by atoms with Gasteiger partial charge < -0.3 is 20.5 Å². The van der Waals surface area contributed by atoms with Gasteiger partial charge in [-0.1, -0.05) is 26.0 Å². The molecule has 2 aliphatic rings. The number of nitrogens with one attached hydrogen (secondary N) is 1. The van der Waals surface area contributed by atoms with Crippen LogP contribution in [0, 0.1) is 11.3 Å². The molecule has 5 nitrogen and oxygen atoms in total. The summed E-state index contributed by atoms with van der Waals surface area (Å²) < 4.78 is 11.0. The topological polar surface area (TPSA) is 73.6 Å². The van der Waals surface area contributed by atoms with Crippen molar-refractivity contribution in [1.29, 1.82) is 0 Å². The lowest BCUT2D eigenvalue weighted by Gasteiger charge is -2.65. The first-order valence-corrected chi connectivity index (χ1v) is 8.73. The van der Waals surface area contributed by atoms with E-state index in [-0.39, 0.29) is 23.3 Å².